The predicted octanol–water partition coefficient (Wildman–Crippen LogP) is -0.139. The molecule has 0 aliphatic carbocycles. The second-order valence-electron chi connectivity index (χ2n) is 2.79. The van der Waals surface area contributed by atoms with Crippen LogP contribution in [-0.4, -0.2) is 19.0 Å². The maximum atomic E-state index is 10.7. The molecular weight excluding hydrogens is 128 g/mol. The number of amides is 1. The van der Waals surface area contributed by atoms with Crippen LogP contribution in [0, 0.1) is 5.92 Å². The molecule has 1 amide bonds. The molecule has 0 aromatic rings. The molecule has 1 fully saturated rings. The van der Waals surface area contributed by atoms with Gasteiger partial charge in [0.05, 0.1) is 0 Å². The number of carbonyl (C=O) groups is 1. The molecule has 58 valence electrons. The molecule has 10 heavy (non-hydrogen) atoms. The van der Waals surface area contributed by atoms with E-state index in [2.05, 4.69) is 5.32 Å². The summed E-state index contributed by atoms with van der Waals surface area (Å²) in [6.45, 7) is 1.57. The van der Waals surface area contributed by atoms with Crippen LogP contribution in [0.15, 0.2) is 0 Å². The lowest BCUT2D eigenvalue weighted by Gasteiger charge is -2.21. The van der Waals surface area contributed by atoms with Crippen molar-refractivity contribution in [2.45, 2.75) is 19.3 Å². The average Bonchev–Trinajstić information content (AvgIpc) is 1.95. The summed E-state index contributed by atoms with van der Waals surface area (Å²) in [7, 11) is 0. The summed E-state index contributed by atoms with van der Waals surface area (Å²) in [6, 6.07) is 0. The van der Waals surface area contributed by atoms with E-state index in [4.69, 9.17) is 5.73 Å². The average molecular weight is 142 g/mol. The van der Waals surface area contributed by atoms with E-state index in [1.54, 1.807) is 0 Å². The minimum Gasteiger partial charge on any atom is -0.356 e. The molecule has 0 spiro atoms. The Morgan fingerprint density at radius 3 is 3.00 bits per heavy atom. The third-order valence-electron chi connectivity index (χ3n) is 1.94. The first kappa shape index (κ1) is 7.54. The van der Waals surface area contributed by atoms with Crippen molar-refractivity contribution in [2.24, 2.45) is 11.7 Å². The number of rotatable bonds is 2. The van der Waals surface area contributed by atoms with E-state index in [-0.39, 0.29) is 5.91 Å². The zero-order valence-corrected chi connectivity index (χ0v) is 6.10. The Morgan fingerprint density at radius 2 is 2.50 bits per heavy atom. The lowest BCUT2D eigenvalue weighted by molar-refractivity contribution is -0.122. The first-order chi connectivity index (χ1) is 4.83. The van der Waals surface area contributed by atoms with Crippen molar-refractivity contribution in [2.75, 3.05) is 13.1 Å². The molecule has 1 atom stereocenters. The van der Waals surface area contributed by atoms with Crippen molar-refractivity contribution in [1.29, 1.82) is 0 Å². The normalized spacial score (nSPS) is 26.1. The summed E-state index contributed by atoms with van der Waals surface area (Å²) in [5.41, 5.74) is 5.38. The van der Waals surface area contributed by atoms with Gasteiger partial charge in [-0.1, -0.05) is 0 Å². The Balaban J connectivity index is 2.19. The standard InChI is InChI=1S/C7H14N2O/c8-4-3-6-1-2-7(10)9-5-6/h6H,1-5,8H2,(H,9,10)/t6-/m0/s1. The molecule has 1 heterocycles. The van der Waals surface area contributed by atoms with Crippen molar-refractivity contribution < 1.29 is 4.79 Å². The molecule has 1 saturated heterocycles. The first-order valence-corrected chi connectivity index (χ1v) is 3.79. The maximum absolute atomic E-state index is 10.7. The fourth-order valence-corrected chi connectivity index (χ4v) is 1.27. The van der Waals surface area contributed by atoms with Crippen molar-refractivity contribution in [3.05, 3.63) is 0 Å². The monoisotopic (exact) mass is 142 g/mol. The summed E-state index contributed by atoms with van der Waals surface area (Å²) in [6.07, 6.45) is 2.74. The summed E-state index contributed by atoms with van der Waals surface area (Å²) >= 11 is 0. The van der Waals surface area contributed by atoms with E-state index in [1.165, 1.54) is 0 Å². The van der Waals surface area contributed by atoms with E-state index >= 15 is 0 Å². The third kappa shape index (κ3) is 1.99. The SMILES string of the molecule is NCC[C@@H]1CCC(=O)NC1. The van der Waals surface area contributed by atoms with Crippen molar-refractivity contribution >= 4 is 5.91 Å². The smallest absolute Gasteiger partial charge is 0.220 e. The Labute approximate surface area is 61.0 Å². The van der Waals surface area contributed by atoms with Crippen LogP contribution in [0.1, 0.15) is 19.3 Å². The van der Waals surface area contributed by atoms with Gasteiger partial charge in [-0.25, -0.2) is 0 Å². The zero-order chi connectivity index (χ0) is 7.40. The Morgan fingerprint density at radius 1 is 1.70 bits per heavy atom. The van der Waals surface area contributed by atoms with Crippen LogP contribution < -0.4 is 11.1 Å². The van der Waals surface area contributed by atoms with Gasteiger partial charge in [0.2, 0.25) is 5.91 Å². The lowest BCUT2D eigenvalue weighted by Crippen LogP contribution is -2.35. The van der Waals surface area contributed by atoms with Crippen LogP contribution >= 0.6 is 0 Å². The summed E-state index contributed by atoms with van der Waals surface area (Å²) in [5, 5.41) is 2.82. The van der Waals surface area contributed by atoms with E-state index < -0.39 is 0 Å². The molecule has 1 aliphatic rings. The lowest BCUT2D eigenvalue weighted by atomic mass is 9.96. The quantitative estimate of drug-likeness (QED) is 0.564. The highest BCUT2D eigenvalue weighted by Crippen LogP contribution is 2.12. The molecule has 1 rings (SSSR count). The number of piperidine rings is 1. The van der Waals surface area contributed by atoms with Gasteiger partial charge < -0.3 is 11.1 Å². The van der Waals surface area contributed by atoms with E-state index in [9.17, 15) is 4.79 Å². The number of hydrogen-bond acceptors (Lipinski definition) is 2. The highest BCUT2D eigenvalue weighted by atomic mass is 16.1. The highest BCUT2D eigenvalue weighted by molar-refractivity contribution is 5.76. The van der Waals surface area contributed by atoms with Crippen molar-refractivity contribution in [1.82, 2.24) is 5.32 Å². The third-order valence-corrected chi connectivity index (χ3v) is 1.94. The fraction of sp³-hybridized carbons (Fsp3) is 0.857. The second-order valence-corrected chi connectivity index (χ2v) is 2.79. The molecule has 0 aromatic heterocycles. The second kappa shape index (κ2) is 3.56. The van der Waals surface area contributed by atoms with Crippen LogP contribution in [-0.2, 0) is 4.79 Å². The van der Waals surface area contributed by atoms with Gasteiger partial charge in [-0.3, -0.25) is 4.79 Å². The van der Waals surface area contributed by atoms with Crippen LogP contribution in [0.5, 0.6) is 0 Å². The molecule has 3 heteroatoms. The molecule has 0 radical (unpaired) electrons. The van der Waals surface area contributed by atoms with Gasteiger partial charge in [0, 0.05) is 13.0 Å². The summed E-state index contributed by atoms with van der Waals surface area (Å²) in [4.78, 5) is 10.7. The van der Waals surface area contributed by atoms with Gasteiger partial charge in [0.1, 0.15) is 0 Å². The Kier molecular flexibility index (Phi) is 2.68. The van der Waals surface area contributed by atoms with Crippen LogP contribution in [0.2, 0.25) is 0 Å². The Hall–Kier alpha value is -0.570. The number of carbonyl (C=O) groups excluding carboxylic acids is 1. The van der Waals surface area contributed by atoms with E-state index in [0.717, 1.165) is 25.9 Å². The van der Waals surface area contributed by atoms with Gasteiger partial charge in [-0.05, 0) is 25.3 Å². The largest absolute Gasteiger partial charge is 0.356 e. The minimum absolute atomic E-state index is 0.188. The minimum atomic E-state index is 0.188. The van der Waals surface area contributed by atoms with E-state index in [1.807, 2.05) is 0 Å². The molecule has 0 unspecified atom stereocenters. The topological polar surface area (TPSA) is 55.1 Å². The summed E-state index contributed by atoms with van der Waals surface area (Å²) < 4.78 is 0. The molecular formula is C7H14N2O. The molecule has 3 N–H and O–H groups in total. The van der Waals surface area contributed by atoms with Gasteiger partial charge in [-0.2, -0.15) is 0 Å². The number of hydrogen-bond donors (Lipinski definition) is 2. The molecule has 0 aromatic carbocycles. The first-order valence-electron chi connectivity index (χ1n) is 3.79. The maximum Gasteiger partial charge on any atom is 0.220 e. The summed E-state index contributed by atoms with van der Waals surface area (Å²) in [5.74, 6) is 0.816. The molecule has 3 nitrogen and oxygen atoms in total. The van der Waals surface area contributed by atoms with Gasteiger partial charge in [-0.15, -0.1) is 0 Å². The predicted molar refractivity (Wildman–Crippen MR) is 39.4 cm³/mol. The van der Waals surface area contributed by atoms with Crippen LogP contribution in [0.25, 0.3) is 0 Å². The number of nitrogens with one attached hydrogen (secondary N) is 1. The van der Waals surface area contributed by atoms with Crippen molar-refractivity contribution in [3.63, 3.8) is 0 Å². The molecule has 0 bridgehead atoms. The van der Waals surface area contributed by atoms with Gasteiger partial charge in [0.15, 0.2) is 0 Å². The van der Waals surface area contributed by atoms with Gasteiger partial charge in [0.25, 0.3) is 0 Å². The number of nitrogens with two attached hydrogens (primary N) is 1. The molecule has 1 aliphatic heterocycles. The van der Waals surface area contributed by atoms with Gasteiger partial charge >= 0.3 is 0 Å². The fourth-order valence-electron chi connectivity index (χ4n) is 1.27. The van der Waals surface area contributed by atoms with Crippen molar-refractivity contribution in [3.8, 4) is 0 Å². The van der Waals surface area contributed by atoms with Crippen LogP contribution in [0.4, 0.5) is 0 Å². The van der Waals surface area contributed by atoms with Crippen LogP contribution in [0.3, 0.4) is 0 Å². The highest BCUT2D eigenvalue weighted by Gasteiger charge is 2.16. The Bertz CT molecular complexity index is 115. The zero-order valence-electron chi connectivity index (χ0n) is 6.10. The van der Waals surface area contributed by atoms with E-state index in [0.29, 0.717) is 12.3 Å². The molecule has 0 saturated carbocycles.